The van der Waals surface area contributed by atoms with E-state index in [-0.39, 0.29) is 0 Å². The molecule has 0 aromatic heterocycles. The van der Waals surface area contributed by atoms with Crippen LogP contribution in [0.1, 0.15) is 0 Å². The van der Waals surface area contributed by atoms with E-state index in [0.717, 1.165) is 0 Å². The number of thioether (sulfide) groups is 1. The van der Waals surface area contributed by atoms with E-state index in [1.165, 1.54) is 15.1 Å². The molecule has 1 aliphatic heterocycles. The Bertz CT molecular complexity index is 453. The Balaban J connectivity index is 1.98. The zero-order chi connectivity index (χ0) is 10.3. The van der Waals surface area contributed by atoms with E-state index in [0.29, 0.717) is 11.3 Å². The summed E-state index contributed by atoms with van der Waals surface area (Å²) in [4.78, 5) is 1.34. The van der Waals surface area contributed by atoms with Crippen molar-refractivity contribution < 1.29 is 0 Å². The lowest BCUT2D eigenvalue weighted by atomic mass is 10.1. The standard InChI is InChI=1S/C12H10BrNS/c13-8-5-6-10-12(7-8)15-11-4-2-1-3-9(11)14-10/h1-7,10,12,14H. The number of hydrogen-bond acceptors (Lipinski definition) is 2. The average molecular weight is 280 g/mol. The van der Waals surface area contributed by atoms with E-state index >= 15 is 0 Å². The lowest BCUT2D eigenvalue weighted by Crippen LogP contribution is -2.33. The van der Waals surface area contributed by atoms with Crippen molar-refractivity contribution in [2.45, 2.75) is 16.2 Å². The number of anilines is 1. The summed E-state index contributed by atoms with van der Waals surface area (Å²) in [6.45, 7) is 0. The van der Waals surface area contributed by atoms with Gasteiger partial charge in [-0.2, -0.15) is 0 Å². The van der Waals surface area contributed by atoms with E-state index in [1.807, 2.05) is 11.8 Å². The number of halogens is 1. The van der Waals surface area contributed by atoms with E-state index < -0.39 is 0 Å². The van der Waals surface area contributed by atoms with Gasteiger partial charge in [-0.25, -0.2) is 0 Å². The van der Waals surface area contributed by atoms with Crippen molar-refractivity contribution in [3.8, 4) is 0 Å². The maximum Gasteiger partial charge on any atom is 0.0606 e. The maximum absolute atomic E-state index is 3.55. The molecule has 1 nitrogen and oxygen atoms in total. The summed E-state index contributed by atoms with van der Waals surface area (Å²) >= 11 is 5.45. The second kappa shape index (κ2) is 3.72. The van der Waals surface area contributed by atoms with Gasteiger partial charge in [0.2, 0.25) is 0 Å². The van der Waals surface area contributed by atoms with Crippen LogP contribution in [0.4, 0.5) is 5.69 Å². The first-order chi connectivity index (χ1) is 7.33. The number of para-hydroxylation sites is 1. The van der Waals surface area contributed by atoms with Crippen LogP contribution >= 0.6 is 27.7 Å². The van der Waals surface area contributed by atoms with Crippen molar-refractivity contribution in [2.24, 2.45) is 0 Å². The van der Waals surface area contributed by atoms with Gasteiger partial charge in [0.25, 0.3) is 0 Å². The molecule has 3 rings (SSSR count). The summed E-state index contributed by atoms with van der Waals surface area (Å²) in [6.07, 6.45) is 6.60. The van der Waals surface area contributed by atoms with E-state index in [9.17, 15) is 0 Å². The quantitative estimate of drug-likeness (QED) is 0.776. The van der Waals surface area contributed by atoms with Gasteiger partial charge >= 0.3 is 0 Å². The van der Waals surface area contributed by atoms with Crippen LogP contribution in [0.5, 0.6) is 0 Å². The molecule has 1 aliphatic carbocycles. The van der Waals surface area contributed by atoms with E-state index in [4.69, 9.17) is 0 Å². The number of benzene rings is 1. The van der Waals surface area contributed by atoms with Gasteiger partial charge < -0.3 is 5.32 Å². The third-order valence-electron chi connectivity index (χ3n) is 2.61. The molecule has 2 unspecified atom stereocenters. The highest BCUT2D eigenvalue weighted by molar-refractivity contribution is 9.11. The predicted octanol–water partition coefficient (Wildman–Crippen LogP) is 3.79. The Kier molecular flexibility index (Phi) is 2.37. The number of nitrogens with one attached hydrogen (secondary N) is 1. The molecule has 0 saturated carbocycles. The van der Waals surface area contributed by atoms with Crippen molar-refractivity contribution >= 4 is 33.4 Å². The van der Waals surface area contributed by atoms with E-state index in [2.05, 4.69) is 63.7 Å². The molecule has 15 heavy (non-hydrogen) atoms. The minimum atomic E-state index is 0.422. The normalized spacial score (nSPS) is 27.4. The summed E-state index contributed by atoms with van der Waals surface area (Å²) in [5.74, 6) is 0. The minimum absolute atomic E-state index is 0.422. The van der Waals surface area contributed by atoms with Gasteiger partial charge in [0.05, 0.1) is 11.3 Å². The topological polar surface area (TPSA) is 12.0 Å². The molecule has 1 heterocycles. The number of fused-ring (bicyclic) bond motifs is 2. The fourth-order valence-corrected chi connectivity index (χ4v) is 3.71. The molecule has 0 spiro atoms. The van der Waals surface area contributed by atoms with Crippen molar-refractivity contribution in [2.75, 3.05) is 5.32 Å². The lowest BCUT2D eigenvalue weighted by molar-refractivity contribution is 0.878. The van der Waals surface area contributed by atoms with Gasteiger partial charge in [0, 0.05) is 15.1 Å². The Labute approximate surface area is 102 Å². The van der Waals surface area contributed by atoms with Gasteiger partial charge in [-0.15, -0.1) is 11.8 Å². The zero-order valence-corrected chi connectivity index (χ0v) is 10.4. The zero-order valence-electron chi connectivity index (χ0n) is 7.98. The van der Waals surface area contributed by atoms with Crippen LogP contribution in [0.25, 0.3) is 0 Å². The van der Waals surface area contributed by atoms with Gasteiger partial charge in [-0.05, 0) is 12.1 Å². The summed E-state index contributed by atoms with van der Waals surface area (Å²) < 4.78 is 1.18. The Morgan fingerprint density at radius 1 is 1.27 bits per heavy atom. The molecule has 3 heteroatoms. The Morgan fingerprint density at radius 3 is 3.07 bits per heavy atom. The molecule has 1 aromatic rings. The third-order valence-corrected chi connectivity index (χ3v) is 4.45. The minimum Gasteiger partial charge on any atom is -0.376 e. The molecule has 0 radical (unpaired) electrons. The van der Waals surface area contributed by atoms with Gasteiger partial charge in [-0.1, -0.05) is 46.3 Å². The maximum atomic E-state index is 3.55. The summed E-state index contributed by atoms with van der Waals surface area (Å²) in [6, 6.07) is 8.89. The monoisotopic (exact) mass is 279 g/mol. The van der Waals surface area contributed by atoms with Crippen LogP contribution in [-0.4, -0.2) is 11.3 Å². The number of rotatable bonds is 0. The molecule has 2 atom stereocenters. The summed E-state index contributed by atoms with van der Waals surface area (Å²) in [5, 5.41) is 4.05. The summed E-state index contributed by atoms with van der Waals surface area (Å²) in [5.41, 5.74) is 1.25. The van der Waals surface area contributed by atoms with Crippen LogP contribution in [0.3, 0.4) is 0 Å². The molecule has 0 bridgehead atoms. The highest BCUT2D eigenvalue weighted by Crippen LogP contribution is 2.40. The average Bonchev–Trinajstić information content (AvgIpc) is 2.26. The fraction of sp³-hybridized carbons (Fsp3) is 0.167. The largest absolute Gasteiger partial charge is 0.376 e. The smallest absolute Gasteiger partial charge is 0.0606 e. The highest BCUT2D eigenvalue weighted by atomic mass is 79.9. The van der Waals surface area contributed by atoms with E-state index in [1.54, 1.807) is 0 Å². The Morgan fingerprint density at radius 2 is 2.13 bits per heavy atom. The SMILES string of the molecule is BrC1=CC2Sc3ccccc3NC2C=C1. The first kappa shape index (κ1) is 9.55. The van der Waals surface area contributed by atoms with Gasteiger partial charge in [-0.3, -0.25) is 0 Å². The first-order valence-electron chi connectivity index (χ1n) is 4.91. The third kappa shape index (κ3) is 1.74. The van der Waals surface area contributed by atoms with Gasteiger partial charge in [0.15, 0.2) is 0 Å². The molecule has 0 saturated heterocycles. The van der Waals surface area contributed by atoms with Crippen LogP contribution < -0.4 is 5.32 Å². The molecular weight excluding hydrogens is 270 g/mol. The van der Waals surface area contributed by atoms with Crippen LogP contribution in [-0.2, 0) is 0 Å². The van der Waals surface area contributed by atoms with Crippen LogP contribution in [0.2, 0.25) is 0 Å². The van der Waals surface area contributed by atoms with Crippen LogP contribution in [0.15, 0.2) is 51.9 Å². The second-order valence-electron chi connectivity index (χ2n) is 3.66. The molecule has 0 fully saturated rings. The predicted molar refractivity (Wildman–Crippen MR) is 69.6 cm³/mol. The second-order valence-corrected chi connectivity index (χ2v) is 5.79. The van der Waals surface area contributed by atoms with Crippen molar-refractivity contribution in [3.05, 3.63) is 47.0 Å². The van der Waals surface area contributed by atoms with Crippen LogP contribution in [0, 0.1) is 0 Å². The van der Waals surface area contributed by atoms with Crippen molar-refractivity contribution in [1.29, 1.82) is 0 Å². The lowest BCUT2D eigenvalue weighted by Gasteiger charge is -2.32. The highest BCUT2D eigenvalue weighted by Gasteiger charge is 2.26. The number of hydrogen-bond donors (Lipinski definition) is 1. The summed E-state index contributed by atoms with van der Waals surface area (Å²) in [7, 11) is 0. The molecule has 1 aromatic carbocycles. The molecular formula is C12H10BrNS. The fourth-order valence-electron chi connectivity index (χ4n) is 1.87. The molecule has 1 N–H and O–H groups in total. The number of allylic oxidation sites excluding steroid dienone is 2. The molecule has 76 valence electrons. The first-order valence-corrected chi connectivity index (χ1v) is 6.58. The Hall–Kier alpha value is -0.670. The molecule has 0 amide bonds. The van der Waals surface area contributed by atoms with Crippen molar-refractivity contribution in [1.82, 2.24) is 0 Å². The van der Waals surface area contributed by atoms with Crippen molar-refractivity contribution in [3.63, 3.8) is 0 Å². The molecule has 2 aliphatic rings. The van der Waals surface area contributed by atoms with Gasteiger partial charge in [0.1, 0.15) is 0 Å².